The maximum absolute atomic E-state index is 13.2. The monoisotopic (exact) mass is 311 g/mol. The van der Waals surface area contributed by atoms with Gasteiger partial charge >= 0.3 is 0 Å². The molecule has 4 nitrogen and oxygen atoms in total. The summed E-state index contributed by atoms with van der Waals surface area (Å²) in [5.41, 5.74) is 3.31. The third-order valence-corrected chi connectivity index (χ3v) is 2.91. The van der Waals surface area contributed by atoms with Crippen molar-refractivity contribution in [3.05, 3.63) is 52.4 Å². The van der Waals surface area contributed by atoms with E-state index in [1.165, 1.54) is 6.07 Å². The molecular formula is C12H11BrFN3O. The first-order valence-corrected chi connectivity index (χ1v) is 5.98. The first-order valence-electron chi connectivity index (χ1n) is 5.18. The Hall–Kier alpha value is -1.66. The van der Waals surface area contributed by atoms with Crippen LogP contribution in [0.3, 0.4) is 0 Å². The van der Waals surface area contributed by atoms with Gasteiger partial charge in [0, 0.05) is 17.8 Å². The molecule has 0 fully saturated rings. The van der Waals surface area contributed by atoms with Gasteiger partial charge in [0.1, 0.15) is 24.0 Å². The summed E-state index contributed by atoms with van der Waals surface area (Å²) in [7, 11) is 0. The molecule has 0 saturated heterocycles. The van der Waals surface area contributed by atoms with E-state index in [9.17, 15) is 4.39 Å². The molecule has 2 aromatic rings. The maximum atomic E-state index is 13.2. The van der Waals surface area contributed by atoms with Crippen LogP contribution < -0.4 is 16.0 Å². The number of nitrogens with zero attached hydrogens (tertiary/aromatic N) is 1. The van der Waals surface area contributed by atoms with Crippen LogP contribution in [0.1, 0.15) is 5.56 Å². The van der Waals surface area contributed by atoms with Gasteiger partial charge in [-0.05, 0) is 34.1 Å². The molecule has 18 heavy (non-hydrogen) atoms. The van der Waals surface area contributed by atoms with Gasteiger partial charge in [0.15, 0.2) is 0 Å². The Bertz CT molecular complexity index is 533. The predicted octanol–water partition coefficient (Wildman–Crippen LogP) is 2.85. The lowest BCUT2D eigenvalue weighted by atomic mass is 10.3. The summed E-state index contributed by atoms with van der Waals surface area (Å²) in [6.07, 6.45) is 1.64. The highest BCUT2D eigenvalue weighted by Crippen LogP contribution is 2.21. The number of hydrazine groups is 1. The van der Waals surface area contributed by atoms with Crippen molar-refractivity contribution < 1.29 is 9.13 Å². The zero-order valence-corrected chi connectivity index (χ0v) is 10.9. The zero-order chi connectivity index (χ0) is 13.0. The topological polar surface area (TPSA) is 60.2 Å². The molecule has 0 unspecified atom stereocenters. The quantitative estimate of drug-likeness (QED) is 0.673. The number of nitrogen functional groups attached to an aromatic ring is 1. The molecule has 0 radical (unpaired) electrons. The normalized spacial score (nSPS) is 10.2. The molecule has 0 aliphatic heterocycles. The fourth-order valence-electron chi connectivity index (χ4n) is 1.33. The second kappa shape index (κ2) is 5.79. The van der Waals surface area contributed by atoms with E-state index < -0.39 is 0 Å². The van der Waals surface area contributed by atoms with Gasteiger partial charge in [-0.15, -0.1) is 0 Å². The lowest BCUT2D eigenvalue weighted by Gasteiger charge is -2.07. The van der Waals surface area contributed by atoms with Crippen molar-refractivity contribution in [2.45, 2.75) is 6.61 Å². The third-order valence-electron chi connectivity index (χ3n) is 2.27. The zero-order valence-electron chi connectivity index (χ0n) is 9.36. The number of anilines is 1. The molecule has 0 bridgehead atoms. The summed E-state index contributed by atoms with van der Waals surface area (Å²) in [6.45, 7) is 0.318. The predicted molar refractivity (Wildman–Crippen MR) is 70.5 cm³/mol. The number of hydrogen-bond donors (Lipinski definition) is 2. The van der Waals surface area contributed by atoms with Crippen molar-refractivity contribution in [2.24, 2.45) is 5.84 Å². The van der Waals surface area contributed by atoms with Gasteiger partial charge in [-0.1, -0.05) is 6.07 Å². The van der Waals surface area contributed by atoms with E-state index in [1.54, 1.807) is 24.4 Å². The molecule has 0 aliphatic carbocycles. The Morgan fingerprint density at radius 3 is 2.78 bits per heavy atom. The summed E-state index contributed by atoms with van der Waals surface area (Å²) in [6, 6.07) is 8.19. The summed E-state index contributed by atoms with van der Waals surface area (Å²) >= 11 is 3.08. The van der Waals surface area contributed by atoms with Gasteiger partial charge in [-0.25, -0.2) is 15.2 Å². The van der Waals surface area contributed by atoms with Crippen molar-refractivity contribution in [1.82, 2.24) is 4.98 Å². The van der Waals surface area contributed by atoms with Gasteiger partial charge in [0.05, 0.1) is 4.47 Å². The Kier molecular flexibility index (Phi) is 4.11. The van der Waals surface area contributed by atoms with E-state index in [2.05, 4.69) is 26.3 Å². The lowest BCUT2D eigenvalue weighted by molar-refractivity contribution is 0.304. The molecule has 0 spiro atoms. The van der Waals surface area contributed by atoms with Crippen LogP contribution >= 0.6 is 15.9 Å². The molecule has 1 heterocycles. The van der Waals surface area contributed by atoms with Crippen LogP contribution in [-0.2, 0) is 6.61 Å². The number of pyridine rings is 1. The summed E-state index contributed by atoms with van der Waals surface area (Å²) in [4.78, 5) is 4.04. The minimum atomic E-state index is -0.353. The molecular weight excluding hydrogens is 301 g/mol. The van der Waals surface area contributed by atoms with E-state index in [0.29, 0.717) is 22.6 Å². The molecule has 6 heteroatoms. The number of halogens is 2. The molecule has 1 aromatic heterocycles. The number of rotatable bonds is 4. The summed E-state index contributed by atoms with van der Waals surface area (Å²) in [5, 5.41) is 0. The van der Waals surface area contributed by atoms with Crippen LogP contribution in [-0.4, -0.2) is 4.98 Å². The number of hydrogen-bond acceptors (Lipinski definition) is 4. The van der Waals surface area contributed by atoms with Gasteiger partial charge in [0.25, 0.3) is 0 Å². The number of aromatic nitrogens is 1. The van der Waals surface area contributed by atoms with E-state index >= 15 is 0 Å². The third kappa shape index (κ3) is 3.18. The Labute approximate surface area is 112 Å². The van der Waals surface area contributed by atoms with E-state index in [-0.39, 0.29) is 5.82 Å². The van der Waals surface area contributed by atoms with Crippen molar-refractivity contribution in [3.63, 3.8) is 0 Å². The number of benzene rings is 1. The molecule has 0 saturated carbocycles. The average molecular weight is 312 g/mol. The SMILES string of the molecule is NNc1ccc(COc2ccc(Br)c(F)c2)cn1. The van der Waals surface area contributed by atoms with Crippen LogP contribution in [0.2, 0.25) is 0 Å². The van der Waals surface area contributed by atoms with Gasteiger partial charge < -0.3 is 10.2 Å². The largest absolute Gasteiger partial charge is 0.489 e. The van der Waals surface area contributed by atoms with Crippen LogP contribution in [0.15, 0.2) is 41.0 Å². The Morgan fingerprint density at radius 2 is 2.17 bits per heavy atom. The van der Waals surface area contributed by atoms with E-state index in [1.807, 2.05) is 6.07 Å². The fraction of sp³-hybridized carbons (Fsp3) is 0.0833. The highest BCUT2D eigenvalue weighted by Gasteiger charge is 2.02. The molecule has 2 rings (SSSR count). The first kappa shape index (κ1) is 12.8. The molecule has 0 aliphatic rings. The Balaban J connectivity index is 1.99. The van der Waals surface area contributed by atoms with Gasteiger partial charge in [0.2, 0.25) is 0 Å². The smallest absolute Gasteiger partial charge is 0.141 e. The van der Waals surface area contributed by atoms with Gasteiger partial charge in [-0.3, -0.25) is 0 Å². The molecule has 0 amide bonds. The van der Waals surface area contributed by atoms with Crippen molar-refractivity contribution in [3.8, 4) is 5.75 Å². The second-order valence-electron chi connectivity index (χ2n) is 3.56. The van der Waals surface area contributed by atoms with E-state index in [4.69, 9.17) is 10.6 Å². The Morgan fingerprint density at radius 1 is 1.33 bits per heavy atom. The average Bonchev–Trinajstić information content (AvgIpc) is 2.41. The minimum absolute atomic E-state index is 0.318. The highest BCUT2D eigenvalue weighted by molar-refractivity contribution is 9.10. The minimum Gasteiger partial charge on any atom is -0.489 e. The lowest BCUT2D eigenvalue weighted by Crippen LogP contribution is -2.08. The van der Waals surface area contributed by atoms with Gasteiger partial charge in [-0.2, -0.15) is 0 Å². The first-order chi connectivity index (χ1) is 8.69. The van der Waals surface area contributed by atoms with Crippen LogP contribution in [0.5, 0.6) is 5.75 Å². The summed E-state index contributed by atoms with van der Waals surface area (Å²) in [5.74, 6) is 5.90. The standard InChI is InChI=1S/C12H11BrFN3O/c13-10-3-2-9(5-11(10)14)18-7-8-1-4-12(17-15)16-6-8/h1-6H,7,15H2,(H,16,17). The number of nitrogens with two attached hydrogens (primary N) is 1. The molecule has 0 atom stereocenters. The number of ether oxygens (including phenoxy) is 1. The van der Waals surface area contributed by atoms with E-state index in [0.717, 1.165) is 5.56 Å². The fourth-order valence-corrected chi connectivity index (χ4v) is 1.58. The van der Waals surface area contributed by atoms with Crippen LogP contribution in [0.4, 0.5) is 10.2 Å². The van der Waals surface area contributed by atoms with Crippen molar-refractivity contribution in [2.75, 3.05) is 5.43 Å². The molecule has 94 valence electrons. The maximum Gasteiger partial charge on any atom is 0.141 e. The molecule has 1 aromatic carbocycles. The van der Waals surface area contributed by atoms with Crippen molar-refractivity contribution >= 4 is 21.7 Å². The van der Waals surface area contributed by atoms with Crippen LogP contribution in [0, 0.1) is 5.82 Å². The molecule has 3 N–H and O–H groups in total. The van der Waals surface area contributed by atoms with Crippen LogP contribution in [0.25, 0.3) is 0 Å². The van der Waals surface area contributed by atoms with Crippen molar-refractivity contribution in [1.29, 1.82) is 0 Å². The number of nitrogens with one attached hydrogen (secondary N) is 1. The highest BCUT2D eigenvalue weighted by atomic mass is 79.9. The second-order valence-corrected chi connectivity index (χ2v) is 4.41. The summed E-state index contributed by atoms with van der Waals surface area (Å²) < 4.78 is 19.1.